The van der Waals surface area contributed by atoms with Crippen LogP contribution in [0.15, 0.2) is 23.4 Å². The number of oxime groups is 1. The van der Waals surface area contributed by atoms with Crippen LogP contribution in [0.5, 0.6) is 0 Å². The molecule has 2 unspecified atom stereocenters. The standard InChI is InChI=1S/C13H13F2NO4/c1-7(17)13(12(18)19-2)6-11(16-20-13)8-3-9(14)5-10(15)4-8/h3-5,7,17H,6H2,1-2H3. The van der Waals surface area contributed by atoms with Crippen LogP contribution in [0.3, 0.4) is 0 Å². The molecular formula is C13H13F2NO4. The maximum absolute atomic E-state index is 13.2. The summed E-state index contributed by atoms with van der Waals surface area (Å²) in [6, 6.07) is 2.86. The Kier molecular flexibility index (Phi) is 3.71. The van der Waals surface area contributed by atoms with Crippen molar-refractivity contribution in [1.82, 2.24) is 0 Å². The summed E-state index contributed by atoms with van der Waals surface area (Å²) >= 11 is 0. The summed E-state index contributed by atoms with van der Waals surface area (Å²) in [4.78, 5) is 16.8. The van der Waals surface area contributed by atoms with Gasteiger partial charge in [-0.3, -0.25) is 0 Å². The fraction of sp³-hybridized carbons (Fsp3) is 0.385. The highest BCUT2D eigenvalue weighted by atomic mass is 19.1. The highest BCUT2D eigenvalue weighted by Crippen LogP contribution is 2.31. The number of aliphatic hydroxyl groups is 1. The number of ether oxygens (including phenoxy) is 1. The number of halogens is 2. The van der Waals surface area contributed by atoms with Gasteiger partial charge in [-0.25, -0.2) is 13.6 Å². The van der Waals surface area contributed by atoms with E-state index in [0.29, 0.717) is 0 Å². The number of carbonyl (C=O) groups is 1. The number of esters is 1. The Bertz CT molecular complexity index is 553. The van der Waals surface area contributed by atoms with E-state index in [1.807, 2.05) is 0 Å². The van der Waals surface area contributed by atoms with E-state index in [1.165, 1.54) is 6.92 Å². The van der Waals surface area contributed by atoms with Crippen molar-refractivity contribution in [2.24, 2.45) is 5.16 Å². The summed E-state index contributed by atoms with van der Waals surface area (Å²) in [7, 11) is 1.15. The highest BCUT2D eigenvalue weighted by molar-refractivity contribution is 6.05. The predicted molar refractivity (Wildman–Crippen MR) is 65.0 cm³/mol. The quantitative estimate of drug-likeness (QED) is 0.852. The van der Waals surface area contributed by atoms with Gasteiger partial charge in [0.2, 0.25) is 0 Å². The van der Waals surface area contributed by atoms with Crippen LogP contribution in [-0.2, 0) is 14.4 Å². The molecule has 1 heterocycles. The van der Waals surface area contributed by atoms with Crippen molar-refractivity contribution >= 4 is 11.7 Å². The average molecular weight is 285 g/mol. The third-order valence-corrected chi connectivity index (χ3v) is 3.15. The lowest BCUT2D eigenvalue weighted by Gasteiger charge is -2.26. The van der Waals surface area contributed by atoms with Gasteiger partial charge in [-0.2, -0.15) is 0 Å². The molecule has 2 atom stereocenters. The molecule has 1 aliphatic heterocycles. The van der Waals surface area contributed by atoms with Crippen molar-refractivity contribution in [1.29, 1.82) is 0 Å². The van der Waals surface area contributed by atoms with E-state index in [1.54, 1.807) is 0 Å². The SMILES string of the molecule is COC(=O)C1(C(C)O)CC(c2cc(F)cc(F)c2)=NO1. The first-order valence-corrected chi connectivity index (χ1v) is 5.87. The van der Waals surface area contributed by atoms with Gasteiger partial charge in [0, 0.05) is 11.6 Å². The van der Waals surface area contributed by atoms with Gasteiger partial charge in [0.15, 0.2) is 0 Å². The van der Waals surface area contributed by atoms with E-state index in [2.05, 4.69) is 9.89 Å². The van der Waals surface area contributed by atoms with Crippen LogP contribution in [-0.4, -0.2) is 35.6 Å². The lowest BCUT2D eigenvalue weighted by molar-refractivity contribution is -0.179. The van der Waals surface area contributed by atoms with Gasteiger partial charge in [0.25, 0.3) is 5.60 Å². The Morgan fingerprint density at radius 2 is 2.05 bits per heavy atom. The second kappa shape index (κ2) is 5.16. The van der Waals surface area contributed by atoms with Crippen LogP contribution in [0.25, 0.3) is 0 Å². The van der Waals surface area contributed by atoms with Crippen LogP contribution in [0.2, 0.25) is 0 Å². The minimum absolute atomic E-state index is 0.139. The number of carbonyl (C=O) groups excluding carboxylic acids is 1. The normalized spacial score (nSPS) is 22.9. The van der Waals surface area contributed by atoms with Crippen LogP contribution in [0, 0.1) is 11.6 Å². The van der Waals surface area contributed by atoms with Crippen molar-refractivity contribution in [3.05, 3.63) is 35.4 Å². The van der Waals surface area contributed by atoms with Crippen LogP contribution in [0.4, 0.5) is 8.78 Å². The molecule has 0 saturated carbocycles. The van der Waals surface area contributed by atoms with Gasteiger partial charge < -0.3 is 14.7 Å². The molecule has 0 aliphatic carbocycles. The molecule has 1 aromatic rings. The third kappa shape index (κ3) is 2.36. The van der Waals surface area contributed by atoms with E-state index in [-0.39, 0.29) is 17.7 Å². The van der Waals surface area contributed by atoms with E-state index in [9.17, 15) is 18.7 Å². The Balaban J connectivity index is 2.32. The zero-order valence-electron chi connectivity index (χ0n) is 10.9. The smallest absolute Gasteiger partial charge is 0.356 e. The van der Waals surface area contributed by atoms with Gasteiger partial charge in [0.1, 0.15) is 17.7 Å². The van der Waals surface area contributed by atoms with E-state index in [0.717, 1.165) is 25.3 Å². The van der Waals surface area contributed by atoms with Crippen LogP contribution >= 0.6 is 0 Å². The molecule has 0 aromatic heterocycles. The molecule has 0 amide bonds. The monoisotopic (exact) mass is 285 g/mol. The Hall–Kier alpha value is -2.02. The van der Waals surface area contributed by atoms with Gasteiger partial charge in [0.05, 0.1) is 19.2 Å². The molecule has 0 fully saturated rings. The summed E-state index contributed by atoms with van der Waals surface area (Å²) in [5.41, 5.74) is -1.38. The number of benzene rings is 1. The maximum atomic E-state index is 13.2. The first-order valence-electron chi connectivity index (χ1n) is 5.87. The molecule has 108 valence electrons. The highest BCUT2D eigenvalue weighted by Gasteiger charge is 2.52. The lowest BCUT2D eigenvalue weighted by Crippen LogP contribution is -2.49. The molecule has 7 heteroatoms. The first kappa shape index (κ1) is 14.4. The minimum Gasteiger partial charge on any atom is -0.466 e. The molecule has 5 nitrogen and oxygen atoms in total. The number of rotatable bonds is 3. The third-order valence-electron chi connectivity index (χ3n) is 3.15. The second-order valence-electron chi connectivity index (χ2n) is 4.52. The van der Waals surface area contributed by atoms with Crippen LogP contribution < -0.4 is 0 Å². The largest absolute Gasteiger partial charge is 0.466 e. The Morgan fingerprint density at radius 1 is 1.45 bits per heavy atom. The molecule has 1 N–H and O–H groups in total. The zero-order chi connectivity index (χ0) is 14.9. The molecule has 0 spiro atoms. The van der Waals surface area contributed by atoms with Gasteiger partial charge >= 0.3 is 5.97 Å². The number of hydrogen-bond acceptors (Lipinski definition) is 5. The first-order chi connectivity index (χ1) is 9.39. The van der Waals surface area contributed by atoms with E-state index >= 15 is 0 Å². The predicted octanol–water partition coefficient (Wildman–Crippen LogP) is 1.38. The average Bonchev–Trinajstić information content (AvgIpc) is 2.83. The molecule has 20 heavy (non-hydrogen) atoms. The Morgan fingerprint density at radius 3 is 2.55 bits per heavy atom. The summed E-state index contributed by atoms with van der Waals surface area (Å²) in [5, 5.41) is 13.4. The van der Waals surface area contributed by atoms with Crippen molar-refractivity contribution in [3.8, 4) is 0 Å². The van der Waals surface area contributed by atoms with Crippen molar-refractivity contribution < 1.29 is 28.3 Å². The number of aliphatic hydroxyl groups excluding tert-OH is 1. The lowest BCUT2D eigenvalue weighted by atomic mass is 9.89. The molecular weight excluding hydrogens is 272 g/mol. The summed E-state index contributed by atoms with van der Waals surface area (Å²) in [6.45, 7) is 1.35. The fourth-order valence-corrected chi connectivity index (χ4v) is 2.00. The molecule has 0 radical (unpaired) electrons. The molecule has 1 aliphatic rings. The number of hydrogen-bond donors (Lipinski definition) is 1. The van der Waals surface area contributed by atoms with Crippen molar-refractivity contribution in [2.45, 2.75) is 25.0 Å². The molecule has 0 saturated heterocycles. The number of methoxy groups -OCH3 is 1. The van der Waals surface area contributed by atoms with Gasteiger partial charge in [-0.1, -0.05) is 5.16 Å². The molecule has 1 aromatic carbocycles. The van der Waals surface area contributed by atoms with E-state index < -0.39 is 29.3 Å². The number of nitrogens with zero attached hydrogens (tertiary/aromatic N) is 1. The zero-order valence-corrected chi connectivity index (χ0v) is 10.9. The molecule has 2 rings (SSSR count). The second-order valence-corrected chi connectivity index (χ2v) is 4.52. The minimum atomic E-state index is -1.69. The summed E-state index contributed by atoms with van der Waals surface area (Å²) < 4.78 is 30.9. The van der Waals surface area contributed by atoms with Crippen molar-refractivity contribution in [2.75, 3.05) is 7.11 Å². The van der Waals surface area contributed by atoms with Crippen LogP contribution in [0.1, 0.15) is 18.9 Å². The van der Waals surface area contributed by atoms with E-state index in [4.69, 9.17) is 4.84 Å². The maximum Gasteiger partial charge on any atom is 0.356 e. The van der Waals surface area contributed by atoms with Crippen molar-refractivity contribution in [3.63, 3.8) is 0 Å². The topological polar surface area (TPSA) is 68.1 Å². The van der Waals surface area contributed by atoms with Gasteiger partial charge in [-0.15, -0.1) is 0 Å². The molecule has 0 bridgehead atoms. The summed E-state index contributed by atoms with van der Waals surface area (Å²) in [6.07, 6.45) is -1.34. The fourth-order valence-electron chi connectivity index (χ4n) is 2.00. The summed E-state index contributed by atoms with van der Waals surface area (Å²) in [5.74, 6) is -2.34. The Labute approximate surface area is 113 Å². The van der Waals surface area contributed by atoms with Gasteiger partial charge in [-0.05, 0) is 19.1 Å².